The predicted octanol–water partition coefficient (Wildman–Crippen LogP) is 2.43. The van der Waals surface area contributed by atoms with Crippen molar-refractivity contribution in [3.05, 3.63) is 35.4 Å². The molecule has 0 bridgehead atoms. The Hall–Kier alpha value is -1.49. The van der Waals surface area contributed by atoms with Gasteiger partial charge in [-0.3, -0.25) is 4.79 Å². The van der Waals surface area contributed by atoms with Gasteiger partial charge < -0.3 is 10.4 Å². The lowest BCUT2D eigenvalue weighted by Gasteiger charge is -2.08. The Morgan fingerprint density at radius 3 is 2.41 bits per heavy atom. The summed E-state index contributed by atoms with van der Waals surface area (Å²) in [6.45, 7) is 2.43. The molecule has 1 aromatic carbocycles. The Kier molecular flexibility index (Phi) is 5.03. The van der Waals surface area contributed by atoms with Crippen molar-refractivity contribution in [2.75, 3.05) is 6.54 Å². The van der Waals surface area contributed by atoms with E-state index in [0.29, 0.717) is 13.1 Å². The maximum atomic E-state index is 12.3. The van der Waals surface area contributed by atoms with Gasteiger partial charge >= 0.3 is 5.97 Å². The van der Waals surface area contributed by atoms with E-state index < -0.39 is 18.3 Å². The van der Waals surface area contributed by atoms with E-state index in [1.165, 1.54) is 12.1 Å². The number of hydrogen-bond acceptors (Lipinski definition) is 2. The largest absolute Gasteiger partial charge is 0.481 e. The molecule has 94 valence electrons. The van der Waals surface area contributed by atoms with Crippen molar-refractivity contribution >= 4 is 5.97 Å². The van der Waals surface area contributed by atoms with Crippen molar-refractivity contribution < 1.29 is 18.7 Å². The monoisotopic (exact) mass is 243 g/mol. The van der Waals surface area contributed by atoms with Crippen LogP contribution in [-0.4, -0.2) is 17.6 Å². The fraction of sp³-hybridized carbons (Fsp3) is 0.417. The zero-order chi connectivity index (χ0) is 12.8. The topological polar surface area (TPSA) is 49.3 Å². The summed E-state index contributed by atoms with van der Waals surface area (Å²) in [5.41, 5.74) is 0.847. The maximum Gasteiger partial charge on any atom is 0.307 e. The zero-order valence-electron chi connectivity index (χ0n) is 9.49. The molecule has 0 aromatic heterocycles. The molecule has 2 N–H and O–H groups in total. The summed E-state index contributed by atoms with van der Waals surface area (Å²) in [5.74, 6) is -1.32. The fourth-order valence-electron chi connectivity index (χ4n) is 1.30. The highest BCUT2D eigenvalue weighted by molar-refractivity contribution is 5.69. The highest BCUT2D eigenvalue weighted by Crippen LogP contribution is 2.18. The van der Waals surface area contributed by atoms with Gasteiger partial charge in [0.2, 0.25) is 0 Å². The summed E-state index contributed by atoms with van der Waals surface area (Å²) in [5, 5.41) is 11.6. The normalized spacial score (nSPS) is 12.7. The number of aliphatic carboxylic acids is 1. The van der Waals surface area contributed by atoms with Gasteiger partial charge in [-0.2, -0.15) is 0 Å². The van der Waals surface area contributed by atoms with E-state index in [4.69, 9.17) is 5.11 Å². The van der Waals surface area contributed by atoms with E-state index in [1.54, 1.807) is 19.1 Å². The average Bonchev–Trinajstić information content (AvgIpc) is 2.29. The predicted molar refractivity (Wildman–Crippen MR) is 59.9 cm³/mol. The van der Waals surface area contributed by atoms with Gasteiger partial charge in [0.25, 0.3) is 6.43 Å². The van der Waals surface area contributed by atoms with Crippen LogP contribution in [0.5, 0.6) is 0 Å². The molecule has 0 spiro atoms. The lowest BCUT2D eigenvalue weighted by atomic mass is 10.1. The van der Waals surface area contributed by atoms with Gasteiger partial charge in [-0.25, -0.2) is 8.78 Å². The zero-order valence-corrected chi connectivity index (χ0v) is 9.49. The number of hydrogen-bond donors (Lipinski definition) is 2. The number of carboxylic acid groups (broad SMARTS) is 1. The fourth-order valence-corrected chi connectivity index (χ4v) is 1.30. The molecule has 1 atom stereocenters. The van der Waals surface area contributed by atoms with Crippen LogP contribution in [0.3, 0.4) is 0 Å². The molecule has 0 amide bonds. The second-order valence-corrected chi connectivity index (χ2v) is 3.91. The van der Waals surface area contributed by atoms with Gasteiger partial charge in [0, 0.05) is 18.7 Å². The summed E-state index contributed by atoms with van der Waals surface area (Å²) in [7, 11) is 0. The van der Waals surface area contributed by atoms with Crippen LogP contribution < -0.4 is 5.32 Å². The third-order valence-corrected chi connectivity index (χ3v) is 2.43. The van der Waals surface area contributed by atoms with Gasteiger partial charge in [0.15, 0.2) is 0 Å². The van der Waals surface area contributed by atoms with Crippen LogP contribution >= 0.6 is 0 Å². The van der Waals surface area contributed by atoms with Gasteiger partial charge in [-0.1, -0.05) is 31.2 Å². The summed E-state index contributed by atoms with van der Waals surface area (Å²) in [6.07, 6.45) is -2.45. The molecule has 0 fully saturated rings. The Morgan fingerprint density at radius 2 is 1.94 bits per heavy atom. The van der Waals surface area contributed by atoms with Crippen LogP contribution in [0.4, 0.5) is 8.78 Å². The summed E-state index contributed by atoms with van der Waals surface area (Å²) in [4.78, 5) is 10.5. The molecular formula is C12H15F2NO2. The molecule has 0 saturated heterocycles. The minimum Gasteiger partial charge on any atom is -0.481 e. The Balaban J connectivity index is 2.40. The highest BCUT2D eigenvalue weighted by atomic mass is 19.3. The van der Waals surface area contributed by atoms with Crippen molar-refractivity contribution in [3.8, 4) is 0 Å². The first-order chi connectivity index (χ1) is 8.00. The Labute approximate surface area is 98.5 Å². The number of rotatable bonds is 6. The lowest BCUT2D eigenvalue weighted by Crippen LogP contribution is -2.25. The number of carbonyl (C=O) groups is 1. The minimum absolute atomic E-state index is 0.00680. The first kappa shape index (κ1) is 13.6. The molecule has 0 aliphatic heterocycles. The Morgan fingerprint density at radius 1 is 1.35 bits per heavy atom. The number of carboxylic acids is 1. The second kappa shape index (κ2) is 6.30. The first-order valence-corrected chi connectivity index (χ1v) is 5.31. The van der Waals surface area contributed by atoms with Crippen LogP contribution in [0.2, 0.25) is 0 Å². The minimum atomic E-state index is -2.45. The number of alkyl halides is 2. The van der Waals surface area contributed by atoms with Crippen molar-refractivity contribution in [1.29, 1.82) is 0 Å². The van der Waals surface area contributed by atoms with Crippen molar-refractivity contribution in [3.63, 3.8) is 0 Å². The van der Waals surface area contributed by atoms with Crippen LogP contribution in [0, 0.1) is 5.92 Å². The molecule has 0 heterocycles. The van der Waals surface area contributed by atoms with E-state index in [1.807, 2.05) is 0 Å². The molecule has 1 unspecified atom stereocenters. The van der Waals surface area contributed by atoms with Crippen LogP contribution in [-0.2, 0) is 11.3 Å². The molecule has 17 heavy (non-hydrogen) atoms. The van der Waals surface area contributed by atoms with E-state index in [-0.39, 0.29) is 5.56 Å². The van der Waals surface area contributed by atoms with Gasteiger partial charge in [-0.15, -0.1) is 0 Å². The van der Waals surface area contributed by atoms with E-state index in [2.05, 4.69) is 5.32 Å². The third kappa shape index (κ3) is 4.48. The first-order valence-electron chi connectivity index (χ1n) is 5.31. The van der Waals surface area contributed by atoms with Gasteiger partial charge in [0.05, 0.1) is 5.92 Å². The smallest absolute Gasteiger partial charge is 0.307 e. The van der Waals surface area contributed by atoms with Crippen LogP contribution in [0.15, 0.2) is 24.3 Å². The van der Waals surface area contributed by atoms with E-state index in [9.17, 15) is 13.6 Å². The van der Waals surface area contributed by atoms with Gasteiger partial charge in [-0.05, 0) is 5.56 Å². The molecular weight excluding hydrogens is 228 g/mol. The standard InChI is InChI=1S/C12H15F2NO2/c1-8(12(16)17)6-15-7-9-2-4-10(5-3-9)11(13)14/h2-5,8,11,15H,6-7H2,1H3,(H,16,17). The van der Waals surface area contributed by atoms with Crippen molar-refractivity contribution in [2.24, 2.45) is 5.92 Å². The second-order valence-electron chi connectivity index (χ2n) is 3.91. The third-order valence-electron chi connectivity index (χ3n) is 2.43. The van der Waals surface area contributed by atoms with E-state index in [0.717, 1.165) is 5.56 Å². The number of nitrogens with one attached hydrogen (secondary N) is 1. The van der Waals surface area contributed by atoms with E-state index >= 15 is 0 Å². The highest BCUT2D eigenvalue weighted by Gasteiger charge is 2.10. The molecule has 0 radical (unpaired) electrons. The quantitative estimate of drug-likeness (QED) is 0.806. The summed E-state index contributed by atoms with van der Waals surface area (Å²) in [6, 6.07) is 5.98. The maximum absolute atomic E-state index is 12.3. The molecule has 0 aliphatic rings. The van der Waals surface area contributed by atoms with Crippen LogP contribution in [0.25, 0.3) is 0 Å². The Bertz CT molecular complexity index is 365. The molecule has 1 rings (SSSR count). The average molecular weight is 243 g/mol. The summed E-state index contributed by atoms with van der Waals surface area (Å²) >= 11 is 0. The lowest BCUT2D eigenvalue weighted by molar-refractivity contribution is -0.140. The van der Waals surface area contributed by atoms with Crippen LogP contribution in [0.1, 0.15) is 24.5 Å². The molecule has 0 saturated carbocycles. The SMILES string of the molecule is CC(CNCc1ccc(C(F)F)cc1)C(=O)O. The van der Waals surface area contributed by atoms with Crippen molar-refractivity contribution in [2.45, 2.75) is 19.9 Å². The van der Waals surface area contributed by atoms with Gasteiger partial charge in [0.1, 0.15) is 0 Å². The molecule has 1 aromatic rings. The number of halogens is 2. The molecule has 5 heteroatoms. The summed E-state index contributed by atoms with van der Waals surface area (Å²) < 4.78 is 24.5. The van der Waals surface area contributed by atoms with Crippen molar-refractivity contribution in [1.82, 2.24) is 5.32 Å². The molecule has 0 aliphatic carbocycles. The number of benzene rings is 1. The molecule has 3 nitrogen and oxygen atoms in total.